The minimum Gasteiger partial charge on any atom is -0.481 e. The summed E-state index contributed by atoms with van der Waals surface area (Å²) < 4.78 is 0. The third-order valence-electron chi connectivity index (χ3n) is 2.59. The number of carboxylic acids is 1. The third-order valence-corrected chi connectivity index (χ3v) is 2.59. The highest BCUT2D eigenvalue weighted by molar-refractivity contribution is 8.93. The lowest BCUT2D eigenvalue weighted by molar-refractivity contribution is -0.137. The molecule has 0 saturated heterocycles. The van der Waals surface area contributed by atoms with Gasteiger partial charge >= 0.3 is 5.97 Å². The molecule has 0 rings (SSSR count). The number of nitrogens with two attached hydrogens (primary N) is 1. The molecule has 0 aromatic heterocycles. The van der Waals surface area contributed by atoms with E-state index in [-0.39, 0.29) is 17.0 Å². The summed E-state index contributed by atoms with van der Waals surface area (Å²) in [6.07, 6.45) is 11.0. The van der Waals surface area contributed by atoms with Gasteiger partial charge in [0, 0.05) is 6.42 Å². The molecular weight excluding hydrogens is 270 g/mol. The number of rotatable bonds is 11. The molecule has 0 aliphatic heterocycles. The van der Waals surface area contributed by atoms with Crippen LogP contribution in [0.25, 0.3) is 0 Å². The Kier molecular flexibility index (Phi) is 17.0. The Morgan fingerprint density at radius 2 is 1.19 bits per heavy atom. The first kappa shape index (κ1) is 18.3. The average molecular weight is 296 g/mol. The van der Waals surface area contributed by atoms with Crippen molar-refractivity contribution in [3.63, 3.8) is 0 Å². The van der Waals surface area contributed by atoms with Gasteiger partial charge in [-0.15, -0.1) is 17.0 Å². The van der Waals surface area contributed by atoms with Crippen molar-refractivity contribution in [3.8, 4) is 0 Å². The number of hydrogen-bond donors (Lipinski definition) is 2. The molecule has 0 aromatic carbocycles. The quantitative estimate of drug-likeness (QED) is 0.573. The van der Waals surface area contributed by atoms with Crippen molar-refractivity contribution in [2.75, 3.05) is 6.54 Å². The first-order valence-electron chi connectivity index (χ1n) is 6.19. The van der Waals surface area contributed by atoms with Crippen molar-refractivity contribution in [1.29, 1.82) is 0 Å². The first-order chi connectivity index (χ1) is 7.27. The highest BCUT2D eigenvalue weighted by Crippen LogP contribution is 2.10. The third kappa shape index (κ3) is 16.3. The summed E-state index contributed by atoms with van der Waals surface area (Å²) in [5.74, 6) is -0.670. The van der Waals surface area contributed by atoms with Gasteiger partial charge in [0.2, 0.25) is 0 Å². The minimum atomic E-state index is -0.670. The fraction of sp³-hybridized carbons (Fsp3) is 0.917. The van der Waals surface area contributed by atoms with Gasteiger partial charge in [0.1, 0.15) is 0 Å². The molecule has 98 valence electrons. The fourth-order valence-corrected chi connectivity index (χ4v) is 1.66. The lowest BCUT2D eigenvalue weighted by atomic mass is 10.1. The molecule has 0 atom stereocenters. The molecule has 3 N–H and O–H groups in total. The van der Waals surface area contributed by atoms with Gasteiger partial charge in [0.15, 0.2) is 0 Å². The molecule has 16 heavy (non-hydrogen) atoms. The summed E-state index contributed by atoms with van der Waals surface area (Å²) in [7, 11) is 0. The normalized spacial score (nSPS) is 9.81. The monoisotopic (exact) mass is 295 g/mol. The van der Waals surface area contributed by atoms with Gasteiger partial charge in [-0.3, -0.25) is 4.79 Å². The molecule has 0 fully saturated rings. The van der Waals surface area contributed by atoms with Gasteiger partial charge in [-0.2, -0.15) is 0 Å². The minimum absolute atomic E-state index is 0. The van der Waals surface area contributed by atoms with E-state index < -0.39 is 5.97 Å². The lowest BCUT2D eigenvalue weighted by Gasteiger charge is -2.01. The standard InChI is InChI=1S/C12H25NO2.BrH/c13-11-9-7-5-3-1-2-4-6-8-10-12(14)15;/h1-11,13H2,(H,14,15);1H. The average Bonchev–Trinajstić information content (AvgIpc) is 2.20. The summed E-state index contributed by atoms with van der Waals surface area (Å²) in [6, 6.07) is 0. The van der Waals surface area contributed by atoms with Crippen LogP contribution in [0.2, 0.25) is 0 Å². The molecule has 0 radical (unpaired) electrons. The summed E-state index contributed by atoms with van der Waals surface area (Å²) in [5.41, 5.74) is 5.40. The maximum absolute atomic E-state index is 10.2. The number of carboxylic acid groups (broad SMARTS) is 1. The van der Waals surface area contributed by atoms with Crippen molar-refractivity contribution in [1.82, 2.24) is 0 Å². The summed E-state index contributed by atoms with van der Waals surface area (Å²) >= 11 is 0. The van der Waals surface area contributed by atoms with Crippen LogP contribution in [0.4, 0.5) is 0 Å². The van der Waals surface area contributed by atoms with Crippen molar-refractivity contribution in [2.45, 2.75) is 64.2 Å². The number of aliphatic carboxylic acids is 1. The zero-order valence-electron chi connectivity index (χ0n) is 10.1. The van der Waals surface area contributed by atoms with Crippen LogP contribution in [0.15, 0.2) is 0 Å². The van der Waals surface area contributed by atoms with E-state index in [9.17, 15) is 4.79 Å². The van der Waals surface area contributed by atoms with E-state index in [0.717, 1.165) is 25.8 Å². The predicted molar refractivity (Wildman–Crippen MR) is 73.2 cm³/mol. The smallest absolute Gasteiger partial charge is 0.303 e. The molecule has 0 saturated carbocycles. The van der Waals surface area contributed by atoms with E-state index in [4.69, 9.17) is 10.8 Å². The number of halogens is 1. The van der Waals surface area contributed by atoms with E-state index >= 15 is 0 Å². The summed E-state index contributed by atoms with van der Waals surface area (Å²) in [5, 5.41) is 8.43. The Labute approximate surface area is 110 Å². The Morgan fingerprint density at radius 1 is 0.812 bits per heavy atom. The highest BCUT2D eigenvalue weighted by Gasteiger charge is 1.96. The van der Waals surface area contributed by atoms with Crippen LogP contribution in [0.1, 0.15) is 64.2 Å². The lowest BCUT2D eigenvalue weighted by Crippen LogP contribution is -1.97. The van der Waals surface area contributed by atoms with Crippen LogP contribution in [0.5, 0.6) is 0 Å². The van der Waals surface area contributed by atoms with Gasteiger partial charge in [0.05, 0.1) is 0 Å². The van der Waals surface area contributed by atoms with E-state index in [0.29, 0.717) is 6.42 Å². The second-order valence-electron chi connectivity index (χ2n) is 4.11. The van der Waals surface area contributed by atoms with Crippen molar-refractivity contribution >= 4 is 23.0 Å². The van der Waals surface area contributed by atoms with E-state index in [1.54, 1.807) is 0 Å². The van der Waals surface area contributed by atoms with Crippen LogP contribution in [-0.2, 0) is 4.79 Å². The van der Waals surface area contributed by atoms with E-state index in [2.05, 4.69) is 0 Å². The first-order valence-corrected chi connectivity index (χ1v) is 6.19. The van der Waals surface area contributed by atoms with Crippen molar-refractivity contribution in [2.24, 2.45) is 5.73 Å². The predicted octanol–water partition coefficient (Wildman–Crippen LogP) is 3.51. The van der Waals surface area contributed by atoms with Crippen LogP contribution in [-0.4, -0.2) is 17.6 Å². The Hall–Kier alpha value is -0.0900. The topological polar surface area (TPSA) is 63.3 Å². The zero-order valence-corrected chi connectivity index (χ0v) is 11.8. The molecule has 0 unspecified atom stereocenters. The molecule has 3 nitrogen and oxygen atoms in total. The Balaban J connectivity index is 0. The van der Waals surface area contributed by atoms with Crippen molar-refractivity contribution < 1.29 is 9.90 Å². The van der Waals surface area contributed by atoms with Crippen LogP contribution >= 0.6 is 17.0 Å². The van der Waals surface area contributed by atoms with Gasteiger partial charge in [0.25, 0.3) is 0 Å². The SMILES string of the molecule is Br.NCCCCCCCCCCCC(=O)O. The van der Waals surface area contributed by atoms with Crippen molar-refractivity contribution in [3.05, 3.63) is 0 Å². The zero-order chi connectivity index (χ0) is 11.4. The Morgan fingerprint density at radius 3 is 1.56 bits per heavy atom. The molecule has 0 amide bonds. The molecule has 4 heteroatoms. The molecule has 0 bridgehead atoms. The van der Waals surface area contributed by atoms with Crippen LogP contribution in [0.3, 0.4) is 0 Å². The molecule has 0 heterocycles. The molecule has 0 aliphatic carbocycles. The largest absolute Gasteiger partial charge is 0.481 e. The van der Waals surface area contributed by atoms with E-state index in [1.165, 1.54) is 38.5 Å². The number of carbonyl (C=O) groups is 1. The van der Waals surface area contributed by atoms with Crippen LogP contribution < -0.4 is 5.73 Å². The second-order valence-corrected chi connectivity index (χ2v) is 4.11. The van der Waals surface area contributed by atoms with E-state index in [1.807, 2.05) is 0 Å². The number of unbranched alkanes of at least 4 members (excludes halogenated alkanes) is 8. The molecular formula is C12H26BrNO2. The van der Waals surface area contributed by atoms with Gasteiger partial charge in [-0.25, -0.2) is 0 Å². The summed E-state index contributed by atoms with van der Waals surface area (Å²) in [4.78, 5) is 10.2. The maximum Gasteiger partial charge on any atom is 0.303 e. The molecule has 0 aromatic rings. The molecule has 0 spiro atoms. The van der Waals surface area contributed by atoms with Gasteiger partial charge in [-0.1, -0.05) is 44.9 Å². The van der Waals surface area contributed by atoms with Gasteiger partial charge in [-0.05, 0) is 19.4 Å². The van der Waals surface area contributed by atoms with Crippen LogP contribution in [0, 0.1) is 0 Å². The van der Waals surface area contributed by atoms with Gasteiger partial charge < -0.3 is 10.8 Å². The highest BCUT2D eigenvalue weighted by atomic mass is 79.9. The maximum atomic E-state index is 10.2. The Bertz CT molecular complexity index is 154. The molecule has 0 aliphatic rings. The second kappa shape index (κ2) is 14.9. The number of hydrogen-bond acceptors (Lipinski definition) is 2. The summed E-state index contributed by atoms with van der Waals surface area (Å²) in [6.45, 7) is 0.815. The fourth-order valence-electron chi connectivity index (χ4n) is 1.66.